The van der Waals surface area contributed by atoms with Crippen molar-refractivity contribution in [3.63, 3.8) is 0 Å². The lowest BCUT2D eigenvalue weighted by molar-refractivity contribution is 0.0949. The minimum atomic E-state index is -0.454. The molecule has 29 heavy (non-hydrogen) atoms. The van der Waals surface area contributed by atoms with Gasteiger partial charge in [-0.05, 0) is 35.4 Å². The van der Waals surface area contributed by atoms with Crippen molar-refractivity contribution in [3.8, 4) is 11.8 Å². The summed E-state index contributed by atoms with van der Waals surface area (Å²) in [6, 6.07) is 10.3. The molecule has 1 aromatic heterocycles. The summed E-state index contributed by atoms with van der Waals surface area (Å²) in [5.41, 5.74) is 8.92. The summed E-state index contributed by atoms with van der Waals surface area (Å²) in [4.78, 5) is 25.8. The quantitative estimate of drug-likeness (QED) is 0.578. The van der Waals surface area contributed by atoms with Crippen molar-refractivity contribution < 1.29 is 9.90 Å². The predicted octanol–water partition coefficient (Wildman–Crippen LogP) is 1.94. The summed E-state index contributed by atoms with van der Waals surface area (Å²) < 4.78 is 1.84. The van der Waals surface area contributed by atoms with E-state index in [1.54, 1.807) is 24.4 Å². The lowest BCUT2D eigenvalue weighted by Gasteiger charge is -2.10. The number of aliphatic hydroxyl groups is 1. The van der Waals surface area contributed by atoms with Crippen LogP contribution in [-0.2, 0) is 13.1 Å². The van der Waals surface area contributed by atoms with Gasteiger partial charge in [0.15, 0.2) is 0 Å². The van der Waals surface area contributed by atoms with Crippen LogP contribution in [0, 0.1) is 11.8 Å². The molecule has 1 aliphatic heterocycles. The molecule has 0 fully saturated rings. The molecule has 146 valence electrons. The number of carbonyl (C=O) groups excluding carboxylic acids is 1. The molecule has 0 saturated heterocycles. The molecule has 1 atom stereocenters. The number of halogens is 1. The van der Waals surface area contributed by atoms with E-state index in [9.17, 15) is 9.59 Å². The smallest absolute Gasteiger partial charge is 0.257 e. The summed E-state index contributed by atoms with van der Waals surface area (Å²) in [5.74, 6) is 4.94. The Morgan fingerprint density at radius 2 is 2.07 bits per heavy atom. The van der Waals surface area contributed by atoms with Crippen LogP contribution < -0.4 is 16.5 Å². The zero-order chi connectivity index (χ0) is 20.5. The molecule has 1 amide bonds. The van der Waals surface area contributed by atoms with E-state index in [0.717, 1.165) is 16.6 Å². The third-order valence-electron chi connectivity index (χ3n) is 4.92. The molecule has 0 aliphatic carbocycles. The normalized spacial score (nSPS) is 14.5. The largest absolute Gasteiger partial charge is 0.384 e. The van der Waals surface area contributed by atoms with Gasteiger partial charge in [-0.15, -0.1) is 0 Å². The van der Waals surface area contributed by atoms with E-state index in [-0.39, 0.29) is 30.2 Å². The van der Waals surface area contributed by atoms with Crippen molar-refractivity contribution in [2.75, 3.05) is 6.61 Å². The van der Waals surface area contributed by atoms with E-state index in [2.05, 4.69) is 17.2 Å². The number of pyridine rings is 1. The van der Waals surface area contributed by atoms with Crippen LogP contribution in [0.25, 0.3) is 10.9 Å². The number of aromatic nitrogens is 1. The summed E-state index contributed by atoms with van der Waals surface area (Å²) in [6.45, 7) is 0.470. The van der Waals surface area contributed by atoms with Crippen molar-refractivity contribution in [1.82, 2.24) is 9.88 Å². The highest BCUT2D eigenvalue weighted by atomic mass is 35.5. The molecule has 1 aliphatic rings. The van der Waals surface area contributed by atoms with Crippen LogP contribution in [-0.4, -0.2) is 22.2 Å². The molecular formula is C22H18ClN3O3. The van der Waals surface area contributed by atoms with Gasteiger partial charge in [0, 0.05) is 41.3 Å². The van der Waals surface area contributed by atoms with E-state index >= 15 is 0 Å². The number of amides is 1. The fourth-order valence-electron chi connectivity index (χ4n) is 3.57. The Hall–Kier alpha value is -3.11. The molecule has 1 unspecified atom stereocenters. The van der Waals surface area contributed by atoms with Crippen molar-refractivity contribution in [3.05, 3.63) is 80.1 Å². The Bertz CT molecular complexity index is 1240. The van der Waals surface area contributed by atoms with Gasteiger partial charge in [0.2, 0.25) is 5.43 Å². The summed E-state index contributed by atoms with van der Waals surface area (Å²) in [5, 5.41) is 12.7. The van der Waals surface area contributed by atoms with Crippen LogP contribution in [0.1, 0.15) is 33.1 Å². The Morgan fingerprint density at radius 1 is 1.31 bits per heavy atom. The highest BCUT2D eigenvalue weighted by molar-refractivity contribution is 6.30. The first-order valence-electron chi connectivity index (χ1n) is 9.07. The van der Waals surface area contributed by atoms with Crippen LogP contribution in [0.4, 0.5) is 0 Å². The molecule has 6 nitrogen and oxygen atoms in total. The van der Waals surface area contributed by atoms with Gasteiger partial charge in [-0.1, -0.05) is 35.6 Å². The predicted molar refractivity (Wildman–Crippen MR) is 112 cm³/mol. The van der Waals surface area contributed by atoms with E-state index in [1.807, 2.05) is 22.8 Å². The third-order valence-corrected chi connectivity index (χ3v) is 5.17. The highest BCUT2D eigenvalue weighted by Gasteiger charge is 2.25. The molecule has 3 aromatic rings. The van der Waals surface area contributed by atoms with E-state index < -0.39 is 5.91 Å². The maximum absolute atomic E-state index is 13.1. The second-order valence-corrected chi connectivity index (χ2v) is 7.30. The monoisotopic (exact) mass is 407 g/mol. The van der Waals surface area contributed by atoms with Crippen molar-refractivity contribution in [2.24, 2.45) is 5.73 Å². The second-order valence-electron chi connectivity index (χ2n) is 6.86. The summed E-state index contributed by atoms with van der Waals surface area (Å²) in [7, 11) is 0. The maximum atomic E-state index is 13.1. The lowest BCUT2D eigenvalue weighted by Crippen LogP contribution is -2.29. The van der Waals surface area contributed by atoms with Gasteiger partial charge in [-0.2, -0.15) is 0 Å². The number of benzene rings is 2. The van der Waals surface area contributed by atoms with Crippen LogP contribution in [0.3, 0.4) is 0 Å². The first-order chi connectivity index (χ1) is 14.0. The van der Waals surface area contributed by atoms with E-state index in [0.29, 0.717) is 22.5 Å². The van der Waals surface area contributed by atoms with Gasteiger partial charge in [0.05, 0.1) is 5.52 Å². The standard InChI is InChI=1S/C22H18ClN3O3/c23-15-5-3-13(4-6-15)10-25-22(29)18-11-26-12-19(24)16-8-14(2-1-7-27)9-17(20(16)26)21(18)28/h3-6,8-9,11,19,27H,7,10,12,24H2,(H,25,29). The number of nitrogens with one attached hydrogen (secondary N) is 1. The Labute approximate surface area is 171 Å². The second kappa shape index (κ2) is 7.72. The van der Waals surface area contributed by atoms with Crippen molar-refractivity contribution in [1.29, 1.82) is 0 Å². The van der Waals surface area contributed by atoms with Gasteiger partial charge < -0.3 is 20.7 Å². The number of nitrogens with two attached hydrogens (primary N) is 1. The molecule has 0 radical (unpaired) electrons. The van der Waals surface area contributed by atoms with E-state index in [4.69, 9.17) is 22.4 Å². The van der Waals surface area contributed by atoms with Crippen molar-refractivity contribution >= 4 is 28.4 Å². The fraction of sp³-hybridized carbons (Fsp3) is 0.182. The van der Waals surface area contributed by atoms with Gasteiger partial charge in [0.1, 0.15) is 12.2 Å². The first-order valence-corrected chi connectivity index (χ1v) is 9.45. The molecule has 0 saturated carbocycles. The third kappa shape index (κ3) is 3.64. The maximum Gasteiger partial charge on any atom is 0.257 e. The highest BCUT2D eigenvalue weighted by Crippen LogP contribution is 2.31. The lowest BCUT2D eigenvalue weighted by atomic mass is 10.0. The van der Waals surface area contributed by atoms with Gasteiger partial charge >= 0.3 is 0 Å². The topological polar surface area (TPSA) is 97.4 Å². The van der Waals surface area contributed by atoms with Gasteiger partial charge in [0.25, 0.3) is 5.91 Å². The summed E-state index contributed by atoms with van der Waals surface area (Å²) >= 11 is 5.88. The molecule has 7 heteroatoms. The van der Waals surface area contributed by atoms with Gasteiger partial charge in [-0.25, -0.2) is 0 Å². The fourth-order valence-corrected chi connectivity index (χ4v) is 3.69. The molecule has 2 heterocycles. The Balaban J connectivity index is 1.73. The number of nitrogens with zero attached hydrogens (tertiary/aromatic N) is 1. The first kappa shape index (κ1) is 19.2. The molecule has 2 aromatic carbocycles. The molecular weight excluding hydrogens is 390 g/mol. The Kier molecular flexibility index (Phi) is 5.12. The minimum Gasteiger partial charge on any atom is -0.384 e. The molecule has 0 bridgehead atoms. The average molecular weight is 408 g/mol. The van der Waals surface area contributed by atoms with E-state index in [1.165, 1.54) is 0 Å². The number of carbonyl (C=O) groups is 1. The number of aliphatic hydroxyl groups excluding tert-OH is 1. The number of hydrogen-bond donors (Lipinski definition) is 3. The van der Waals surface area contributed by atoms with Crippen LogP contribution in [0.5, 0.6) is 0 Å². The molecule has 4 rings (SSSR count). The molecule has 4 N–H and O–H groups in total. The molecule has 0 spiro atoms. The average Bonchev–Trinajstić information content (AvgIpc) is 3.04. The Morgan fingerprint density at radius 3 is 2.79 bits per heavy atom. The SMILES string of the molecule is NC1Cn2cc(C(=O)NCc3ccc(Cl)cc3)c(=O)c3cc(C#CCO)cc1c32. The summed E-state index contributed by atoms with van der Waals surface area (Å²) in [6.07, 6.45) is 1.57. The van der Waals surface area contributed by atoms with Crippen LogP contribution >= 0.6 is 11.6 Å². The van der Waals surface area contributed by atoms with Crippen molar-refractivity contribution in [2.45, 2.75) is 19.1 Å². The zero-order valence-electron chi connectivity index (χ0n) is 15.4. The van der Waals surface area contributed by atoms with Gasteiger partial charge in [-0.3, -0.25) is 9.59 Å². The minimum absolute atomic E-state index is 0.0544. The number of hydrogen-bond acceptors (Lipinski definition) is 4. The zero-order valence-corrected chi connectivity index (χ0v) is 16.2. The number of rotatable bonds is 3. The van der Waals surface area contributed by atoms with Crippen LogP contribution in [0.2, 0.25) is 5.02 Å². The van der Waals surface area contributed by atoms with Crippen LogP contribution in [0.15, 0.2) is 47.4 Å².